The molecule has 6 heterocycles. The van der Waals surface area contributed by atoms with Gasteiger partial charge in [-0.3, -0.25) is 81.5 Å². The average Bonchev–Trinajstić information content (AvgIpc) is 1.80. The van der Waals surface area contributed by atoms with Gasteiger partial charge in [0.25, 0.3) is 0 Å². The zero-order chi connectivity index (χ0) is 95.3. The third-order valence-electron chi connectivity index (χ3n) is 23.9. The van der Waals surface area contributed by atoms with Crippen molar-refractivity contribution in [1.82, 2.24) is 97.6 Å². The molecular formula is C89H123N21O20S. The van der Waals surface area contributed by atoms with Crippen LogP contribution >= 0.6 is 11.8 Å². The number of unbranched alkanes of at least 4 members (excludes halogenated alkanes) is 3. The number of carbonyl (C=O) groups excluding carboxylic acids is 16. The number of aliphatic hydroxyl groups is 1. The van der Waals surface area contributed by atoms with Crippen molar-refractivity contribution in [2.75, 3.05) is 65.4 Å². The van der Waals surface area contributed by atoms with Crippen LogP contribution in [0.2, 0.25) is 0 Å². The summed E-state index contributed by atoms with van der Waals surface area (Å²) in [6.45, 7) is 4.62. The summed E-state index contributed by atoms with van der Waals surface area (Å²) >= 11 is 0.785. The van der Waals surface area contributed by atoms with Crippen molar-refractivity contribution >= 4 is 134 Å². The number of primary amides is 1. The normalized spacial score (nSPS) is 24.6. The molecule has 3 saturated heterocycles. The van der Waals surface area contributed by atoms with Gasteiger partial charge >= 0.3 is 5.97 Å². The molecule has 0 spiro atoms. The number of aromatic nitrogens is 4. The van der Waals surface area contributed by atoms with Gasteiger partial charge in [-0.25, -0.2) is 4.98 Å². The molecule has 16 amide bonds. The molecule has 0 radical (unpaired) electrons. The molecule has 41 nitrogen and oxygen atoms in total. The smallest absolute Gasteiger partial charge is 0.303 e. The maximum absolute atomic E-state index is 15.6. The van der Waals surface area contributed by atoms with Crippen molar-refractivity contribution in [3.8, 4) is 5.75 Å². The number of phenols is 1. The van der Waals surface area contributed by atoms with Crippen LogP contribution in [0.25, 0.3) is 21.8 Å². The first-order chi connectivity index (χ1) is 62.6. The summed E-state index contributed by atoms with van der Waals surface area (Å²) in [5.74, 6) is -16.6. The molecule has 3 aliphatic rings. The highest BCUT2D eigenvalue weighted by Gasteiger charge is 2.45. The van der Waals surface area contributed by atoms with Crippen LogP contribution < -0.4 is 64.6 Å². The van der Waals surface area contributed by atoms with E-state index in [1.165, 1.54) is 81.6 Å². The number of carboxylic acid groups (broad SMARTS) is 1. The summed E-state index contributed by atoms with van der Waals surface area (Å²) < 4.78 is 0. The Morgan fingerprint density at radius 2 is 1.03 bits per heavy atom. The predicted molar refractivity (Wildman–Crippen MR) is 481 cm³/mol. The topological polar surface area (TPSA) is 600 Å². The number of nitrogens with two attached hydrogens (primary N) is 2. The number of hydrogen-bond donors (Lipinski definition) is 18. The third kappa shape index (κ3) is 28.0. The minimum atomic E-state index is -1.84. The molecule has 6 aromatic rings. The van der Waals surface area contributed by atoms with Gasteiger partial charge in [0.05, 0.1) is 30.9 Å². The van der Waals surface area contributed by atoms with E-state index in [-0.39, 0.29) is 108 Å². The molecule has 3 aromatic carbocycles. The Hall–Kier alpha value is -13.0. The summed E-state index contributed by atoms with van der Waals surface area (Å²) in [5, 5.41) is 59.2. The standard InChI is InChI=1S/C89H123N21O20S/c1-8-10-25-69-82(123)97-50(3)76(117)105-68(78(119)95-45-73(91)113)47-131-48-74(114)98-65(38-52-29-31-56(112)32-30-52)85(126)106(5)51(4)77(118)99-62(33-34-75(115)116)88(129)110-37-19-28-71(110)84(125)102-64(41-55-44-92-49-96-55)80(121)100-61(24-16-17-35-90)87(128)109-36-18-27-70(109)83(124)101-63(39-53-42-93-59-22-14-12-20-57(53)59)79(120)104-67(46-111)81(122)103-66(40-54-43-94-60-23-15-13-21-58(54)60)86(127)108(7)72(26-11-9-2)89(130)107(69)6/h12-15,20-23,29-32,42-44,49-51,61-72,93-94,111-112H,8-11,16-19,24-28,33-41,45-48,90H2,1-7H3,(H2,91,113)(H,92,96)(H,95,119)(H,97,123)(H,98,114)(H,99,118)(H,100,121)(H,101,124)(H,102,125)(H,103,122)(H,104,120)(H,105,117)(H,115,116)/t50-,51-,61-,62-,63-,64-,65-,66-,67-,68-,69-,70?,71-,72-/m0/s1. The van der Waals surface area contributed by atoms with E-state index < -0.39 is 223 Å². The third-order valence-corrected chi connectivity index (χ3v) is 24.9. The van der Waals surface area contributed by atoms with Crippen LogP contribution in [0.15, 0.2) is 97.7 Å². The molecule has 3 aliphatic heterocycles. The minimum Gasteiger partial charge on any atom is -0.508 e. The SMILES string of the molecule is CCCC[C@H]1C(=O)N(C)[C@@H](CCCC)C(=O)N[C@@H](C)C(=O)N[C@H](C(=O)NCC(N)=O)CSCC(=O)N[C@@H](Cc2ccc(O)cc2)C(=O)N(C)[C@@H](C)C(=O)N[C@@H](CCC(=O)O)C(=O)N2CCC[C@H]2C(=O)N[C@@H](Cc2c[nH]cn2)C(=O)N[C@@H](CCCCN)C(=O)N2CCCC2C(=O)N[C@@H](Cc2c[nH]c3ccccc23)C(=O)N[C@@H](CO)C(=O)N[C@@H](Cc2c[nH]c3ccccc23)C(=O)N1C. The highest BCUT2D eigenvalue weighted by Crippen LogP contribution is 2.28. The average molecular weight is 1840 g/mol. The van der Waals surface area contributed by atoms with Gasteiger partial charge in [0.1, 0.15) is 90.3 Å². The fourth-order valence-electron chi connectivity index (χ4n) is 16.3. The number of hydrogen-bond acceptors (Lipinski definition) is 22. The van der Waals surface area contributed by atoms with Crippen LogP contribution in [0.5, 0.6) is 5.75 Å². The number of imidazole rings is 1. The van der Waals surface area contributed by atoms with E-state index in [0.717, 1.165) is 26.5 Å². The number of nitrogens with one attached hydrogen (secondary N) is 13. The van der Waals surface area contributed by atoms with Gasteiger partial charge in [-0.15, -0.1) is 11.8 Å². The van der Waals surface area contributed by atoms with E-state index in [1.54, 1.807) is 60.9 Å². The van der Waals surface area contributed by atoms with E-state index in [1.807, 2.05) is 13.8 Å². The van der Waals surface area contributed by atoms with Crippen LogP contribution in [0.1, 0.15) is 146 Å². The number of aromatic hydroxyl groups is 1. The Balaban J connectivity index is 1.08. The summed E-state index contributed by atoms with van der Waals surface area (Å²) in [6.07, 6.45) is 6.85. The van der Waals surface area contributed by atoms with Gasteiger partial charge in [0.15, 0.2) is 0 Å². The Labute approximate surface area is 761 Å². The molecule has 0 saturated carbocycles. The molecule has 42 heteroatoms. The number of thioether (sulfide) groups is 1. The summed E-state index contributed by atoms with van der Waals surface area (Å²) in [4.78, 5) is 267. The largest absolute Gasteiger partial charge is 0.508 e. The molecule has 0 aliphatic carbocycles. The van der Waals surface area contributed by atoms with Gasteiger partial charge in [-0.05, 0) is 126 Å². The van der Waals surface area contributed by atoms with E-state index in [2.05, 4.69) is 73.1 Å². The number of rotatable bonds is 25. The van der Waals surface area contributed by atoms with Crippen LogP contribution in [-0.4, -0.2) is 310 Å². The lowest BCUT2D eigenvalue weighted by Gasteiger charge is -2.36. The lowest BCUT2D eigenvalue weighted by molar-refractivity contribution is -0.149. The van der Waals surface area contributed by atoms with E-state index in [9.17, 15) is 63.3 Å². The van der Waals surface area contributed by atoms with Gasteiger partial charge in [0.2, 0.25) is 94.5 Å². The highest BCUT2D eigenvalue weighted by molar-refractivity contribution is 8.00. The zero-order valence-electron chi connectivity index (χ0n) is 74.7. The number of fused-ring (bicyclic) bond motifs is 4. The first kappa shape index (κ1) is 102. The summed E-state index contributed by atoms with van der Waals surface area (Å²) in [7, 11) is 3.96. The maximum atomic E-state index is 15.6. The molecule has 3 fully saturated rings. The lowest BCUT2D eigenvalue weighted by Crippen LogP contribution is -2.61. The second-order valence-corrected chi connectivity index (χ2v) is 34.4. The van der Waals surface area contributed by atoms with E-state index in [4.69, 9.17) is 11.5 Å². The van der Waals surface area contributed by atoms with Crippen molar-refractivity contribution in [3.05, 3.63) is 120 Å². The Bertz CT molecular complexity index is 5030. The summed E-state index contributed by atoms with van der Waals surface area (Å²) in [6, 6.07) is -0.940. The Morgan fingerprint density at radius 3 is 1.59 bits per heavy atom. The number of para-hydroxylation sites is 2. The summed E-state index contributed by atoms with van der Waals surface area (Å²) in [5.41, 5.74) is 14.4. The fraction of sp³-hybridized carbons (Fsp3) is 0.528. The van der Waals surface area contributed by atoms with Crippen molar-refractivity contribution in [2.24, 2.45) is 11.5 Å². The second-order valence-electron chi connectivity index (χ2n) is 33.4. The highest BCUT2D eigenvalue weighted by atomic mass is 32.2. The fourth-order valence-corrected chi connectivity index (χ4v) is 17.2. The number of aliphatic carboxylic acids is 1. The molecule has 1 unspecified atom stereocenters. The van der Waals surface area contributed by atoms with Crippen LogP contribution in [0.3, 0.4) is 0 Å². The van der Waals surface area contributed by atoms with Crippen LogP contribution in [-0.2, 0) is 107 Å². The first-order valence-electron chi connectivity index (χ1n) is 44.3. The van der Waals surface area contributed by atoms with Crippen LogP contribution in [0.4, 0.5) is 0 Å². The molecule has 131 heavy (non-hydrogen) atoms. The number of aliphatic hydroxyl groups excluding tert-OH is 1. The number of aromatic amines is 3. The Kier molecular flexibility index (Phi) is 38.2. The number of nitrogens with zero attached hydrogens (tertiary/aromatic N) is 6. The number of carbonyl (C=O) groups is 17. The molecule has 14 atom stereocenters. The molecular weight excluding hydrogens is 1720 g/mol. The first-order valence-corrected chi connectivity index (χ1v) is 45.5. The van der Waals surface area contributed by atoms with Crippen LogP contribution in [0, 0.1) is 0 Å². The van der Waals surface area contributed by atoms with Gasteiger partial charge in [-0.1, -0.05) is 88.1 Å². The predicted octanol–water partition coefficient (Wildman–Crippen LogP) is -1.07. The number of carboxylic acids is 1. The monoisotopic (exact) mass is 1840 g/mol. The van der Waals surface area contributed by atoms with Crippen molar-refractivity contribution < 1.29 is 96.8 Å². The van der Waals surface area contributed by atoms with E-state index in [0.29, 0.717) is 70.6 Å². The van der Waals surface area contributed by atoms with Crippen molar-refractivity contribution in [1.29, 1.82) is 0 Å². The van der Waals surface area contributed by atoms with Crippen molar-refractivity contribution in [2.45, 2.75) is 234 Å². The molecule has 9 rings (SSSR count). The molecule has 20 N–H and O–H groups in total. The van der Waals surface area contributed by atoms with Crippen molar-refractivity contribution in [3.63, 3.8) is 0 Å². The minimum absolute atomic E-state index is 0.00810. The number of H-pyrrole nitrogens is 3. The van der Waals surface area contributed by atoms with Gasteiger partial charge < -0.3 is 119 Å². The number of phenolic OH excluding ortho intramolecular Hbond substituents is 1. The molecule has 0 bridgehead atoms. The van der Waals surface area contributed by atoms with Gasteiger partial charge in [0, 0.05) is 112 Å². The Morgan fingerprint density at radius 1 is 0.519 bits per heavy atom. The lowest BCUT2D eigenvalue weighted by atomic mass is 10.00. The number of likely N-dealkylation sites (N-methyl/N-ethyl adjacent to an activating group) is 3. The second kappa shape index (κ2) is 49.1. The van der Waals surface area contributed by atoms with E-state index >= 15 is 33.6 Å². The number of benzene rings is 3. The maximum Gasteiger partial charge on any atom is 0.303 e. The molecule has 710 valence electrons. The van der Waals surface area contributed by atoms with Gasteiger partial charge in [-0.2, -0.15) is 0 Å². The quantitative estimate of drug-likeness (QED) is 0.0303. The number of amides is 16. The molecule has 3 aromatic heterocycles. The zero-order valence-corrected chi connectivity index (χ0v) is 75.5.